The first-order valence-electron chi connectivity index (χ1n) is 39.0. The predicted octanol–water partition coefficient (Wildman–Crippen LogP) is 22.8. The maximum absolute atomic E-state index is 7.97. The van der Waals surface area contributed by atoms with Crippen molar-refractivity contribution in [3.05, 3.63) is 354 Å². The van der Waals surface area contributed by atoms with Crippen LogP contribution in [0.4, 0.5) is 34.1 Å². The van der Waals surface area contributed by atoms with Crippen LogP contribution in [0.5, 0.6) is 23.0 Å². The summed E-state index contributed by atoms with van der Waals surface area (Å²) < 4.78 is 18.4. The van der Waals surface area contributed by atoms with Crippen molar-refractivity contribution in [1.29, 1.82) is 0 Å². The highest BCUT2D eigenvalue weighted by atomic mass is 16.5. The van der Waals surface area contributed by atoms with E-state index in [2.05, 4.69) is 392 Å². The van der Waals surface area contributed by atoms with Gasteiger partial charge in [0.1, 0.15) is 23.0 Å². The van der Waals surface area contributed by atoms with Gasteiger partial charge in [0.25, 0.3) is 13.4 Å². The Morgan fingerprint density at radius 3 is 1.25 bits per heavy atom. The Morgan fingerprint density at radius 2 is 0.718 bits per heavy atom. The van der Waals surface area contributed by atoms with Gasteiger partial charge in [0, 0.05) is 62.5 Å². The highest BCUT2D eigenvalue weighted by Gasteiger charge is 2.54. The van der Waals surface area contributed by atoms with Crippen LogP contribution in [0.15, 0.2) is 315 Å². The first-order chi connectivity index (χ1) is 53.5. The molecule has 524 valence electrons. The fourth-order valence-electron chi connectivity index (χ4n) is 19.9. The van der Waals surface area contributed by atoms with Gasteiger partial charge in [-0.1, -0.05) is 287 Å². The monoisotopic (exact) mass is 1410 g/mol. The molecular weight excluding hydrogens is 1330 g/mol. The average molecular weight is 1410 g/mol. The maximum atomic E-state index is 7.97. The Labute approximate surface area is 644 Å². The Kier molecular flexibility index (Phi) is 13.6. The molecule has 1 spiro atoms. The van der Waals surface area contributed by atoms with E-state index < -0.39 is 5.41 Å². The van der Waals surface area contributed by atoms with Crippen molar-refractivity contribution in [3.8, 4) is 84.3 Å². The molecule has 0 fully saturated rings. The smallest absolute Gasteiger partial charge is 0.256 e. The minimum absolute atomic E-state index is 0.0764. The van der Waals surface area contributed by atoms with Crippen molar-refractivity contribution >= 4 is 102 Å². The molecule has 1 aromatic heterocycles. The van der Waals surface area contributed by atoms with Crippen LogP contribution in [0.1, 0.15) is 101 Å². The van der Waals surface area contributed by atoms with E-state index in [4.69, 9.17) is 9.47 Å². The SMILES string of the molecule is CC(C)(C)c1cc(-c2ccccc2)c(N2c3ccccc3B3c4cc5c(cc4Oc4cc(-n6c7ccc(C(C)(C)C)cc7c7cc(C(C)(C)C)ccc76)cc2c43)Oc2cc(-c3cccc4c3C3(c6ccccc6-c6ccccc63)c3ccccc3-4)cc3c2B5c2ccccc2N3c2ccccc2)c(-c2ccccc2)c1. The number of para-hydroxylation sites is 3. The zero-order chi connectivity index (χ0) is 74.0. The number of aromatic nitrogens is 1. The number of anilines is 6. The van der Waals surface area contributed by atoms with E-state index in [1.54, 1.807) is 0 Å². The molecule has 0 saturated carbocycles. The van der Waals surface area contributed by atoms with Crippen LogP contribution in [0, 0.1) is 0 Å². The lowest BCUT2D eigenvalue weighted by molar-refractivity contribution is 0.466. The Morgan fingerprint density at radius 1 is 0.282 bits per heavy atom. The van der Waals surface area contributed by atoms with E-state index in [-0.39, 0.29) is 29.7 Å². The van der Waals surface area contributed by atoms with Crippen molar-refractivity contribution in [2.24, 2.45) is 0 Å². The summed E-state index contributed by atoms with van der Waals surface area (Å²) in [5.74, 6) is 3.19. The molecule has 0 saturated heterocycles. The Balaban J connectivity index is 0.804. The second-order valence-electron chi connectivity index (χ2n) is 34.2. The van der Waals surface area contributed by atoms with E-state index in [1.807, 2.05) is 0 Å². The molecule has 110 heavy (non-hydrogen) atoms. The minimum Gasteiger partial charge on any atom is -0.458 e. The van der Waals surface area contributed by atoms with E-state index in [1.165, 1.54) is 88.5 Å². The van der Waals surface area contributed by atoms with Crippen molar-refractivity contribution in [3.63, 3.8) is 0 Å². The molecular formula is C103H79B2N3O2. The Bertz CT molecular complexity index is 6430. The van der Waals surface area contributed by atoms with E-state index in [0.29, 0.717) is 0 Å². The van der Waals surface area contributed by atoms with Crippen LogP contribution >= 0.6 is 0 Å². The number of hydrogen-bond acceptors (Lipinski definition) is 4. The van der Waals surface area contributed by atoms with Crippen LogP contribution in [0.25, 0.3) is 83.1 Å². The van der Waals surface area contributed by atoms with Gasteiger partial charge in [-0.2, -0.15) is 0 Å². The van der Waals surface area contributed by atoms with Crippen LogP contribution in [0.2, 0.25) is 0 Å². The number of fused-ring (bicyclic) bond motifs is 21. The predicted molar refractivity (Wildman–Crippen MR) is 461 cm³/mol. The van der Waals surface area contributed by atoms with Crippen molar-refractivity contribution in [2.75, 3.05) is 9.80 Å². The summed E-state index contributed by atoms with van der Waals surface area (Å²) >= 11 is 0. The molecule has 0 unspecified atom stereocenters. The average Bonchev–Trinajstić information content (AvgIpc) is 1.44. The van der Waals surface area contributed by atoms with Crippen LogP contribution in [-0.2, 0) is 21.7 Å². The highest BCUT2D eigenvalue weighted by Crippen LogP contribution is 2.65. The van der Waals surface area contributed by atoms with Gasteiger partial charge in [-0.3, -0.25) is 0 Å². The topological polar surface area (TPSA) is 29.9 Å². The first kappa shape index (κ1) is 64.6. The zero-order valence-corrected chi connectivity index (χ0v) is 63.3. The van der Waals surface area contributed by atoms with Crippen molar-refractivity contribution < 1.29 is 9.47 Å². The number of ether oxygens (including phenoxy) is 2. The second kappa shape index (κ2) is 23.2. The molecule has 0 atom stereocenters. The van der Waals surface area contributed by atoms with Crippen LogP contribution in [-0.4, -0.2) is 18.0 Å². The summed E-state index contributed by atoms with van der Waals surface area (Å²) in [4.78, 5) is 5.11. The third-order valence-electron chi connectivity index (χ3n) is 24.9. The summed E-state index contributed by atoms with van der Waals surface area (Å²) in [5.41, 5.74) is 36.9. The molecule has 0 bridgehead atoms. The third kappa shape index (κ3) is 9.18. The van der Waals surface area contributed by atoms with E-state index >= 15 is 0 Å². The van der Waals surface area contributed by atoms with Gasteiger partial charge in [0.2, 0.25) is 0 Å². The number of rotatable bonds is 6. The molecule has 0 radical (unpaired) electrons. The van der Waals surface area contributed by atoms with Crippen molar-refractivity contribution in [2.45, 2.75) is 84.0 Å². The first-order valence-corrected chi connectivity index (χ1v) is 39.0. The molecule has 16 aromatic rings. The molecule has 22 rings (SSSR count). The van der Waals surface area contributed by atoms with Crippen LogP contribution < -0.4 is 52.1 Å². The third-order valence-corrected chi connectivity index (χ3v) is 24.9. The standard InChI is InChI=1S/C103H79B2N3O2/c1-100(2,3)65-48-50-86-77(54-65)78-55-66(101(4,5)6)49-51-87(78)107(86)69-58-91-98-95(59-69)110-93-61-92-84(60-85(93)105(98)83-45-26-28-47-89(83)108(91)99-75(62-30-13-10-14-31-62)56-67(102(7,8)9)57-76(99)63-32-15-11-16-33-63)104-82-44-25-27-46-88(82)106(68-34-17-12-18-35-68)90-52-64(53-94(109-92)97(90)104)70-39-29-40-74-73-38-21-24-43-81(73)103(96(70)74)79-41-22-19-36-71(79)72-37-20-23-42-80(72)103/h10-61H,1-9H3. The molecule has 0 amide bonds. The lowest BCUT2D eigenvalue weighted by Gasteiger charge is -2.43. The summed E-state index contributed by atoms with van der Waals surface area (Å²) in [5, 5.41) is 2.46. The van der Waals surface area contributed by atoms with Gasteiger partial charge in [0.15, 0.2) is 0 Å². The molecule has 6 aliphatic rings. The van der Waals surface area contributed by atoms with E-state index in [0.717, 1.165) is 124 Å². The van der Waals surface area contributed by atoms with Gasteiger partial charge in [-0.25, -0.2) is 0 Å². The van der Waals surface area contributed by atoms with Gasteiger partial charge < -0.3 is 23.8 Å². The molecule has 15 aromatic carbocycles. The molecule has 7 heteroatoms. The van der Waals surface area contributed by atoms with E-state index in [9.17, 15) is 0 Å². The Hall–Kier alpha value is -12.6. The summed E-state index contributed by atoms with van der Waals surface area (Å²) in [6, 6.07) is 120. The zero-order valence-electron chi connectivity index (χ0n) is 63.3. The largest absolute Gasteiger partial charge is 0.458 e. The highest BCUT2D eigenvalue weighted by molar-refractivity contribution is 7.02. The number of nitrogens with zero attached hydrogens (tertiary/aromatic N) is 3. The molecule has 5 heterocycles. The van der Waals surface area contributed by atoms with Crippen LogP contribution in [0.3, 0.4) is 0 Å². The summed E-state index contributed by atoms with van der Waals surface area (Å²) in [6.45, 7) is 20.5. The lowest BCUT2D eigenvalue weighted by Crippen LogP contribution is -2.63. The van der Waals surface area contributed by atoms with Gasteiger partial charge >= 0.3 is 0 Å². The second-order valence-corrected chi connectivity index (χ2v) is 34.2. The van der Waals surface area contributed by atoms with Gasteiger partial charge in [0.05, 0.1) is 27.8 Å². The lowest BCUT2D eigenvalue weighted by atomic mass is 9.31. The quantitative estimate of drug-likeness (QED) is 0.155. The number of hydrogen-bond donors (Lipinski definition) is 0. The molecule has 2 aliphatic carbocycles. The molecule has 5 nitrogen and oxygen atoms in total. The summed E-state index contributed by atoms with van der Waals surface area (Å²) in [6.07, 6.45) is 0. The minimum atomic E-state index is -0.579. The molecule has 4 aliphatic heterocycles. The number of benzene rings is 15. The summed E-state index contributed by atoms with van der Waals surface area (Å²) in [7, 11) is 0. The fraction of sp³-hybridized carbons (Fsp3) is 0.126. The van der Waals surface area contributed by atoms with Gasteiger partial charge in [-0.05, 0) is 211 Å². The van der Waals surface area contributed by atoms with Crippen molar-refractivity contribution in [1.82, 2.24) is 4.57 Å². The van der Waals surface area contributed by atoms with Gasteiger partial charge in [-0.15, -0.1) is 0 Å². The fourth-order valence-corrected chi connectivity index (χ4v) is 19.9. The maximum Gasteiger partial charge on any atom is 0.256 e. The molecule has 0 N–H and O–H groups in total. The normalized spacial score (nSPS) is 14.2.